The number of hydrogen-bond donors (Lipinski definition) is 2. The molecule has 0 aliphatic carbocycles. The molecule has 21 heavy (non-hydrogen) atoms. The minimum absolute atomic E-state index is 0.0366. The van der Waals surface area contributed by atoms with Crippen molar-refractivity contribution in [1.29, 1.82) is 5.26 Å². The number of aryl methyl sites for hydroxylation is 1. The van der Waals surface area contributed by atoms with Crippen molar-refractivity contribution in [3.8, 4) is 22.9 Å². The van der Waals surface area contributed by atoms with Crippen LogP contribution in [0, 0.1) is 28.4 Å². The maximum Gasteiger partial charge on any atom is 0.299 e. The molecule has 0 amide bonds. The van der Waals surface area contributed by atoms with Crippen molar-refractivity contribution >= 4 is 17.3 Å². The van der Waals surface area contributed by atoms with Gasteiger partial charge in [0, 0.05) is 11.3 Å². The molecular formula is C13H8ClN3O4. The molecule has 1 aromatic carbocycles. The monoisotopic (exact) mass is 305 g/mol. The molecule has 8 heteroatoms. The van der Waals surface area contributed by atoms with Crippen LogP contribution < -0.4 is 5.56 Å². The van der Waals surface area contributed by atoms with Gasteiger partial charge in [0.2, 0.25) is 0 Å². The van der Waals surface area contributed by atoms with Crippen LogP contribution in [0.5, 0.6) is 5.75 Å². The van der Waals surface area contributed by atoms with Crippen LogP contribution in [0.3, 0.4) is 0 Å². The smallest absolute Gasteiger partial charge is 0.299 e. The van der Waals surface area contributed by atoms with Gasteiger partial charge in [0.05, 0.1) is 4.92 Å². The molecule has 1 aromatic heterocycles. The Balaban J connectivity index is 2.99. The van der Waals surface area contributed by atoms with Crippen LogP contribution in [0.2, 0.25) is 5.02 Å². The molecule has 0 radical (unpaired) electrons. The van der Waals surface area contributed by atoms with E-state index in [2.05, 4.69) is 4.98 Å². The van der Waals surface area contributed by atoms with Crippen LogP contribution >= 0.6 is 11.6 Å². The summed E-state index contributed by atoms with van der Waals surface area (Å²) in [6.45, 7) is 1.56. The van der Waals surface area contributed by atoms with Gasteiger partial charge in [-0.2, -0.15) is 5.26 Å². The molecule has 2 aromatic rings. The molecular weight excluding hydrogens is 298 g/mol. The van der Waals surface area contributed by atoms with Crippen molar-refractivity contribution < 1.29 is 10.0 Å². The van der Waals surface area contributed by atoms with E-state index in [4.69, 9.17) is 16.9 Å². The number of pyridine rings is 1. The lowest BCUT2D eigenvalue weighted by atomic mass is 9.98. The second kappa shape index (κ2) is 5.26. The highest BCUT2D eigenvalue weighted by Crippen LogP contribution is 2.42. The number of halogens is 1. The van der Waals surface area contributed by atoms with Crippen LogP contribution in [-0.4, -0.2) is 15.0 Å². The Hall–Kier alpha value is -2.85. The standard InChI is InChI=1S/C13H8ClN3O4/c1-6-4-7(8(5-15)13(19)16-6)11-10(18)3-2-9(14)12(11)17(20)21/h2-4,18H,1H3,(H,16,19). The Morgan fingerprint density at radius 2 is 2.14 bits per heavy atom. The Morgan fingerprint density at radius 3 is 2.71 bits per heavy atom. The maximum atomic E-state index is 11.8. The largest absolute Gasteiger partial charge is 0.507 e. The zero-order valence-corrected chi connectivity index (χ0v) is 11.4. The number of rotatable bonds is 2. The Kier molecular flexibility index (Phi) is 3.65. The molecule has 1 heterocycles. The fourth-order valence-electron chi connectivity index (χ4n) is 2.00. The van der Waals surface area contributed by atoms with Crippen LogP contribution in [0.4, 0.5) is 5.69 Å². The van der Waals surface area contributed by atoms with E-state index in [1.165, 1.54) is 18.2 Å². The number of benzene rings is 1. The number of aromatic amines is 1. The number of nitrogens with one attached hydrogen (secondary N) is 1. The first-order valence-electron chi connectivity index (χ1n) is 5.67. The summed E-state index contributed by atoms with van der Waals surface area (Å²) < 4.78 is 0. The minimum atomic E-state index is -0.769. The number of phenols is 1. The summed E-state index contributed by atoms with van der Waals surface area (Å²) in [7, 11) is 0. The lowest BCUT2D eigenvalue weighted by Crippen LogP contribution is -2.13. The van der Waals surface area contributed by atoms with Crippen LogP contribution in [0.25, 0.3) is 11.1 Å². The molecule has 0 saturated heterocycles. The van der Waals surface area contributed by atoms with E-state index < -0.39 is 21.9 Å². The van der Waals surface area contributed by atoms with E-state index in [0.717, 1.165) is 0 Å². The zero-order chi connectivity index (χ0) is 15.7. The summed E-state index contributed by atoms with van der Waals surface area (Å²) in [5.41, 5.74) is -1.48. The van der Waals surface area contributed by atoms with Crippen LogP contribution in [-0.2, 0) is 0 Å². The Labute approximate surface area is 123 Å². The SMILES string of the molecule is Cc1cc(-c2c(O)ccc(Cl)c2[N+](=O)[O-])c(C#N)c(=O)[nH]1. The topological polar surface area (TPSA) is 120 Å². The first kappa shape index (κ1) is 14.6. The van der Waals surface area contributed by atoms with E-state index in [0.29, 0.717) is 5.69 Å². The highest BCUT2D eigenvalue weighted by molar-refractivity contribution is 6.33. The molecule has 0 unspecified atom stereocenters. The molecule has 7 nitrogen and oxygen atoms in total. The molecule has 0 aliphatic heterocycles. The lowest BCUT2D eigenvalue weighted by Gasteiger charge is -2.09. The van der Waals surface area contributed by atoms with Crippen molar-refractivity contribution in [1.82, 2.24) is 4.98 Å². The van der Waals surface area contributed by atoms with E-state index in [-0.39, 0.29) is 21.7 Å². The third-order valence-electron chi connectivity index (χ3n) is 2.84. The number of nitro groups is 1. The maximum absolute atomic E-state index is 11.8. The molecule has 106 valence electrons. The van der Waals surface area contributed by atoms with Gasteiger partial charge in [-0.15, -0.1) is 0 Å². The minimum Gasteiger partial charge on any atom is -0.507 e. The molecule has 0 saturated carbocycles. The number of nitro benzene ring substituents is 1. The molecule has 2 rings (SSSR count). The van der Waals surface area contributed by atoms with Crippen LogP contribution in [0.1, 0.15) is 11.3 Å². The number of aromatic hydroxyl groups is 1. The van der Waals surface area contributed by atoms with Gasteiger partial charge in [-0.25, -0.2) is 0 Å². The van der Waals surface area contributed by atoms with E-state index in [1.807, 2.05) is 0 Å². The third kappa shape index (κ3) is 2.44. The van der Waals surface area contributed by atoms with Crippen molar-refractivity contribution in [2.24, 2.45) is 0 Å². The summed E-state index contributed by atoms with van der Waals surface area (Å²) in [4.78, 5) is 24.6. The van der Waals surface area contributed by atoms with E-state index >= 15 is 0 Å². The van der Waals surface area contributed by atoms with Gasteiger partial charge < -0.3 is 10.1 Å². The quantitative estimate of drug-likeness (QED) is 0.652. The second-order valence-corrected chi connectivity index (χ2v) is 4.64. The summed E-state index contributed by atoms with van der Waals surface area (Å²) in [5.74, 6) is -0.437. The molecule has 0 atom stereocenters. The molecule has 2 N–H and O–H groups in total. The Morgan fingerprint density at radius 1 is 1.48 bits per heavy atom. The summed E-state index contributed by atoms with van der Waals surface area (Å²) in [5, 5.41) is 30.0. The van der Waals surface area contributed by atoms with Gasteiger partial charge in [0.15, 0.2) is 0 Å². The van der Waals surface area contributed by atoms with Crippen molar-refractivity contribution in [2.45, 2.75) is 6.92 Å². The van der Waals surface area contributed by atoms with Crippen molar-refractivity contribution in [3.63, 3.8) is 0 Å². The van der Waals surface area contributed by atoms with Crippen LogP contribution in [0.15, 0.2) is 23.0 Å². The van der Waals surface area contributed by atoms with Gasteiger partial charge in [-0.05, 0) is 25.1 Å². The molecule has 0 bridgehead atoms. The van der Waals surface area contributed by atoms with Gasteiger partial charge in [-0.1, -0.05) is 11.6 Å². The number of hydrogen-bond acceptors (Lipinski definition) is 5. The van der Waals surface area contributed by atoms with Crippen molar-refractivity contribution in [3.05, 3.63) is 54.9 Å². The lowest BCUT2D eigenvalue weighted by molar-refractivity contribution is -0.384. The summed E-state index contributed by atoms with van der Waals surface area (Å²) in [6, 6.07) is 5.40. The molecule has 0 spiro atoms. The van der Waals surface area contributed by atoms with Crippen molar-refractivity contribution in [2.75, 3.05) is 0 Å². The number of aromatic nitrogens is 1. The number of nitrogens with zero attached hydrogens (tertiary/aromatic N) is 2. The molecule has 0 fully saturated rings. The van der Waals surface area contributed by atoms with Gasteiger partial charge in [-0.3, -0.25) is 14.9 Å². The summed E-state index contributed by atoms with van der Waals surface area (Å²) in [6.07, 6.45) is 0. The number of nitriles is 1. The van der Waals surface area contributed by atoms with E-state index in [9.17, 15) is 20.0 Å². The van der Waals surface area contributed by atoms with Gasteiger partial charge >= 0.3 is 0 Å². The number of H-pyrrole nitrogens is 1. The summed E-state index contributed by atoms with van der Waals surface area (Å²) >= 11 is 5.80. The first-order valence-corrected chi connectivity index (χ1v) is 6.05. The normalized spacial score (nSPS) is 10.1. The first-order chi connectivity index (χ1) is 9.86. The Bertz CT molecular complexity index is 852. The average molecular weight is 306 g/mol. The fourth-order valence-corrected chi connectivity index (χ4v) is 2.22. The average Bonchev–Trinajstić information content (AvgIpc) is 2.39. The highest BCUT2D eigenvalue weighted by atomic mass is 35.5. The highest BCUT2D eigenvalue weighted by Gasteiger charge is 2.26. The number of phenolic OH excluding ortho intramolecular Hbond substituents is 1. The predicted molar refractivity (Wildman–Crippen MR) is 75.3 cm³/mol. The third-order valence-corrected chi connectivity index (χ3v) is 3.14. The zero-order valence-electron chi connectivity index (χ0n) is 10.7. The predicted octanol–water partition coefficient (Wildman–Crippen LogP) is 2.49. The van der Waals surface area contributed by atoms with Gasteiger partial charge in [0.1, 0.15) is 28.0 Å². The fraction of sp³-hybridized carbons (Fsp3) is 0.0769. The molecule has 0 aliphatic rings. The van der Waals surface area contributed by atoms with E-state index in [1.54, 1.807) is 13.0 Å². The van der Waals surface area contributed by atoms with Gasteiger partial charge in [0.25, 0.3) is 11.2 Å². The second-order valence-electron chi connectivity index (χ2n) is 4.23.